The Labute approximate surface area is 118 Å². The van der Waals surface area contributed by atoms with E-state index >= 15 is 0 Å². The number of carboxylic acids is 1. The molecule has 2 rings (SSSR count). The molecule has 106 valence electrons. The second-order valence-electron chi connectivity index (χ2n) is 5.21. The maximum atomic E-state index is 10.8. The highest BCUT2D eigenvalue weighted by Crippen LogP contribution is 2.16. The average molecular weight is 282 g/mol. The van der Waals surface area contributed by atoms with E-state index in [4.69, 9.17) is 5.11 Å². The Morgan fingerprint density at radius 3 is 2.79 bits per heavy atom. The smallest absolute Gasteiger partial charge is 0.345 e. The Balaban J connectivity index is 1.72. The summed E-state index contributed by atoms with van der Waals surface area (Å²) in [5.41, 5.74) is 0. The minimum atomic E-state index is -0.836. The molecule has 1 aliphatic rings. The van der Waals surface area contributed by atoms with Crippen LogP contribution in [0.3, 0.4) is 0 Å². The van der Waals surface area contributed by atoms with Crippen molar-refractivity contribution in [3.05, 3.63) is 21.9 Å². The van der Waals surface area contributed by atoms with E-state index in [-0.39, 0.29) is 0 Å². The molecule has 0 spiro atoms. The quantitative estimate of drug-likeness (QED) is 0.841. The summed E-state index contributed by atoms with van der Waals surface area (Å²) in [7, 11) is 0. The standard InChI is InChI=1S/C14H22N2O2S/c1-11(10-16-7-3-2-4-8-16)15-9-12-5-6-13(19-12)14(17)18/h5-6,11,15H,2-4,7-10H2,1H3,(H,17,18). The molecule has 1 aliphatic heterocycles. The van der Waals surface area contributed by atoms with Crippen molar-refractivity contribution in [2.75, 3.05) is 19.6 Å². The molecule has 4 nitrogen and oxygen atoms in total. The van der Waals surface area contributed by atoms with Gasteiger partial charge < -0.3 is 15.3 Å². The van der Waals surface area contributed by atoms with Crippen LogP contribution in [0.25, 0.3) is 0 Å². The number of carbonyl (C=O) groups is 1. The van der Waals surface area contributed by atoms with Crippen molar-refractivity contribution in [3.8, 4) is 0 Å². The summed E-state index contributed by atoms with van der Waals surface area (Å²) < 4.78 is 0. The van der Waals surface area contributed by atoms with E-state index in [1.807, 2.05) is 6.07 Å². The van der Waals surface area contributed by atoms with E-state index in [0.29, 0.717) is 10.9 Å². The minimum Gasteiger partial charge on any atom is -0.477 e. The van der Waals surface area contributed by atoms with Gasteiger partial charge in [0.2, 0.25) is 0 Å². The lowest BCUT2D eigenvalue weighted by atomic mass is 10.1. The maximum Gasteiger partial charge on any atom is 0.345 e. The summed E-state index contributed by atoms with van der Waals surface area (Å²) >= 11 is 1.35. The largest absolute Gasteiger partial charge is 0.477 e. The molecule has 0 saturated carbocycles. The molecule has 1 unspecified atom stereocenters. The fourth-order valence-electron chi connectivity index (χ4n) is 2.46. The molecule has 1 saturated heterocycles. The van der Waals surface area contributed by atoms with Crippen LogP contribution in [0.15, 0.2) is 12.1 Å². The Bertz CT molecular complexity index is 413. The Morgan fingerprint density at radius 2 is 2.16 bits per heavy atom. The number of hydrogen-bond donors (Lipinski definition) is 2. The molecule has 0 radical (unpaired) electrons. The van der Waals surface area contributed by atoms with Crippen LogP contribution in [0.1, 0.15) is 40.7 Å². The molecule has 19 heavy (non-hydrogen) atoms. The van der Waals surface area contributed by atoms with Gasteiger partial charge in [0.25, 0.3) is 0 Å². The fourth-order valence-corrected chi connectivity index (χ4v) is 3.25. The maximum absolute atomic E-state index is 10.8. The second-order valence-corrected chi connectivity index (χ2v) is 6.38. The number of thiophene rings is 1. The summed E-state index contributed by atoms with van der Waals surface area (Å²) in [5.74, 6) is -0.836. The van der Waals surface area contributed by atoms with Gasteiger partial charge in [0.1, 0.15) is 4.88 Å². The van der Waals surface area contributed by atoms with Gasteiger partial charge in [-0.15, -0.1) is 11.3 Å². The molecule has 1 aromatic heterocycles. The zero-order chi connectivity index (χ0) is 13.7. The summed E-state index contributed by atoms with van der Waals surface area (Å²) in [6.07, 6.45) is 4.00. The van der Waals surface area contributed by atoms with E-state index < -0.39 is 5.97 Å². The molecule has 1 atom stereocenters. The molecule has 1 fully saturated rings. The SMILES string of the molecule is CC(CN1CCCCC1)NCc1ccc(C(=O)O)s1. The molecule has 5 heteroatoms. The van der Waals surface area contributed by atoms with Crippen LogP contribution < -0.4 is 5.32 Å². The van der Waals surface area contributed by atoms with Crippen LogP contribution >= 0.6 is 11.3 Å². The Kier molecular flexibility index (Phi) is 5.36. The van der Waals surface area contributed by atoms with Crippen LogP contribution in [0.4, 0.5) is 0 Å². The number of rotatable bonds is 6. The van der Waals surface area contributed by atoms with Crippen LogP contribution in [-0.4, -0.2) is 41.7 Å². The van der Waals surface area contributed by atoms with Gasteiger partial charge in [-0.05, 0) is 45.0 Å². The molecule has 0 bridgehead atoms. The van der Waals surface area contributed by atoms with Crippen molar-refractivity contribution >= 4 is 17.3 Å². The van der Waals surface area contributed by atoms with E-state index in [2.05, 4.69) is 17.1 Å². The number of nitrogens with zero attached hydrogens (tertiary/aromatic N) is 1. The third-order valence-electron chi connectivity index (χ3n) is 3.48. The van der Waals surface area contributed by atoms with Gasteiger partial charge in [-0.25, -0.2) is 4.79 Å². The van der Waals surface area contributed by atoms with Crippen LogP contribution in [0.5, 0.6) is 0 Å². The fraction of sp³-hybridized carbons (Fsp3) is 0.643. The summed E-state index contributed by atoms with van der Waals surface area (Å²) in [6.45, 7) is 6.47. The molecule has 0 aliphatic carbocycles. The zero-order valence-electron chi connectivity index (χ0n) is 11.4. The van der Waals surface area contributed by atoms with Crippen molar-refractivity contribution in [1.82, 2.24) is 10.2 Å². The first-order chi connectivity index (χ1) is 9.15. The van der Waals surface area contributed by atoms with Crippen molar-refractivity contribution < 1.29 is 9.90 Å². The number of likely N-dealkylation sites (tertiary alicyclic amines) is 1. The highest BCUT2D eigenvalue weighted by atomic mass is 32.1. The topological polar surface area (TPSA) is 52.6 Å². The number of piperidine rings is 1. The van der Waals surface area contributed by atoms with Crippen molar-refractivity contribution in [1.29, 1.82) is 0 Å². The monoisotopic (exact) mass is 282 g/mol. The molecule has 0 aromatic carbocycles. The molecule has 2 heterocycles. The zero-order valence-corrected chi connectivity index (χ0v) is 12.2. The lowest BCUT2D eigenvalue weighted by molar-refractivity contribution is 0.0702. The van der Waals surface area contributed by atoms with E-state index in [1.165, 1.54) is 43.7 Å². The molecule has 0 amide bonds. The molecular weight excluding hydrogens is 260 g/mol. The predicted octanol–water partition coefficient (Wildman–Crippen LogP) is 2.41. The van der Waals surface area contributed by atoms with Gasteiger partial charge in [0, 0.05) is 24.0 Å². The van der Waals surface area contributed by atoms with E-state index in [0.717, 1.165) is 18.0 Å². The predicted molar refractivity (Wildman–Crippen MR) is 77.9 cm³/mol. The summed E-state index contributed by atoms with van der Waals surface area (Å²) in [5, 5.41) is 12.3. The normalized spacial score (nSPS) is 18.4. The summed E-state index contributed by atoms with van der Waals surface area (Å²) in [4.78, 5) is 14.8. The molecular formula is C14H22N2O2S. The second kappa shape index (κ2) is 7.03. The van der Waals surface area contributed by atoms with Crippen molar-refractivity contribution in [2.24, 2.45) is 0 Å². The average Bonchev–Trinajstić information content (AvgIpc) is 2.86. The first kappa shape index (κ1) is 14.5. The minimum absolute atomic E-state index is 0.417. The van der Waals surface area contributed by atoms with Crippen molar-refractivity contribution in [2.45, 2.75) is 38.8 Å². The molecule has 1 aromatic rings. The lowest BCUT2D eigenvalue weighted by Gasteiger charge is -2.29. The van der Waals surface area contributed by atoms with Gasteiger partial charge in [-0.1, -0.05) is 6.42 Å². The highest BCUT2D eigenvalue weighted by molar-refractivity contribution is 7.13. The van der Waals surface area contributed by atoms with E-state index in [1.54, 1.807) is 6.07 Å². The van der Waals surface area contributed by atoms with Crippen LogP contribution in [0.2, 0.25) is 0 Å². The van der Waals surface area contributed by atoms with Gasteiger partial charge in [-0.2, -0.15) is 0 Å². The Hall–Kier alpha value is -0.910. The first-order valence-corrected chi connectivity index (χ1v) is 7.74. The van der Waals surface area contributed by atoms with Gasteiger partial charge in [0.15, 0.2) is 0 Å². The van der Waals surface area contributed by atoms with Crippen LogP contribution in [-0.2, 0) is 6.54 Å². The highest BCUT2D eigenvalue weighted by Gasteiger charge is 2.13. The number of carboxylic acid groups (broad SMARTS) is 1. The van der Waals surface area contributed by atoms with Gasteiger partial charge in [-0.3, -0.25) is 0 Å². The first-order valence-electron chi connectivity index (χ1n) is 6.93. The Morgan fingerprint density at radius 1 is 1.42 bits per heavy atom. The van der Waals surface area contributed by atoms with Gasteiger partial charge in [0.05, 0.1) is 0 Å². The van der Waals surface area contributed by atoms with Gasteiger partial charge >= 0.3 is 5.97 Å². The third kappa shape index (κ3) is 4.60. The third-order valence-corrected chi connectivity index (χ3v) is 4.55. The number of nitrogens with one attached hydrogen (secondary N) is 1. The van der Waals surface area contributed by atoms with Crippen LogP contribution in [0, 0.1) is 0 Å². The number of aromatic carboxylic acids is 1. The van der Waals surface area contributed by atoms with E-state index in [9.17, 15) is 4.79 Å². The lowest BCUT2D eigenvalue weighted by Crippen LogP contribution is -2.41. The molecule has 2 N–H and O–H groups in total. The number of hydrogen-bond acceptors (Lipinski definition) is 4. The summed E-state index contributed by atoms with van der Waals surface area (Å²) in [6, 6.07) is 4.02. The van der Waals surface area contributed by atoms with Crippen molar-refractivity contribution in [3.63, 3.8) is 0 Å².